The number of hydrogen-bond donors (Lipinski definition) is 1. The van der Waals surface area contributed by atoms with Crippen molar-refractivity contribution in [2.24, 2.45) is 17.3 Å². The first-order chi connectivity index (χ1) is 13.6. The lowest BCUT2D eigenvalue weighted by Gasteiger charge is -2.34. The number of rotatable bonds is 5. The summed E-state index contributed by atoms with van der Waals surface area (Å²) >= 11 is 1.70. The molecule has 3 fully saturated rings. The molecule has 4 nitrogen and oxygen atoms in total. The van der Waals surface area contributed by atoms with Crippen molar-refractivity contribution in [3.05, 3.63) is 24.3 Å². The Morgan fingerprint density at radius 2 is 1.79 bits per heavy atom. The van der Waals surface area contributed by atoms with Crippen LogP contribution in [0, 0.1) is 17.3 Å². The van der Waals surface area contributed by atoms with Crippen molar-refractivity contribution in [2.75, 3.05) is 24.7 Å². The summed E-state index contributed by atoms with van der Waals surface area (Å²) in [5.41, 5.74) is 1.02. The monoisotopic (exact) mass is 400 g/mol. The molecule has 0 bridgehead atoms. The summed E-state index contributed by atoms with van der Waals surface area (Å²) in [5.74, 6) is 1.22. The quantitative estimate of drug-likeness (QED) is 0.712. The lowest BCUT2D eigenvalue weighted by molar-refractivity contribution is -0.134. The zero-order valence-electron chi connectivity index (χ0n) is 16.9. The van der Waals surface area contributed by atoms with E-state index in [1.54, 1.807) is 11.8 Å². The molecule has 0 radical (unpaired) electrons. The minimum absolute atomic E-state index is 0.114. The van der Waals surface area contributed by atoms with Gasteiger partial charge in [0.05, 0.1) is 0 Å². The predicted octanol–water partition coefficient (Wildman–Crippen LogP) is 4.95. The van der Waals surface area contributed by atoms with Gasteiger partial charge in [0.25, 0.3) is 0 Å². The van der Waals surface area contributed by atoms with Crippen molar-refractivity contribution < 1.29 is 9.59 Å². The van der Waals surface area contributed by atoms with Crippen LogP contribution in [0.5, 0.6) is 0 Å². The highest BCUT2D eigenvalue weighted by atomic mass is 32.2. The highest BCUT2D eigenvalue weighted by molar-refractivity contribution is 7.98. The predicted molar refractivity (Wildman–Crippen MR) is 114 cm³/mol. The van der Waals surface area contributed by atoms with E-state index in [4.69, 9.17) is 0 Å². The molecule has 2 amide bonds. The maximum Gasteiger partial charge on any atom is 0.228 e. The molecule has 1 heterocycles. The SMILES string of the molecule is CSc1ccc(NC(=O)[C@@H]2CC23CCN(C(=O)CC2CCCCC2)CC3)cc1. The van der Waals surface area contributed by atoms with Gasteiger partial charge in [-0.1, -0.05) is 19.3 Å². The van der Waals surface area contributed by atoms with Gasteiger partial charge in [-0.3, -0.25) is 9.59 Å². The summed E-state index contributed by atoms with van der Waals surface area (Å²) in [6, 6.07) is 8.04. The van der Waals surface area contributed by atoms with Crippen molar-refractivity contribution in [3.8, 4) is 0 Å². The van der Waals surface area contributed by atoms with Gasteiger partial charge in [-0.05, 0) is 74.0 Å². The summed E-state index contributed by atoms with van der Waals surface area (Å²) in [6.45, 7) is 1.66. The topological polar surface area (TPSA) is 49.4 Å². The van der Waals surface area contributed by atoms with Crippen molar-refractivity contribution >= 4 is 29.3 Å². The van der Waals surface area contributed by atoms with Gasteiger partial charge in [-0.15, -0.1) is 11.8 Å². The van der Waals surface area contributed by atoms with E-state index in [2.05, 4.69) is 10.2 Å². The van der Waals surface area contributed by atoms with E-state index in [1.165, 1.54) is 37.0 Å². The third-order valence-electron chi connectivity index (χ3n) is 7.16. The second kappa shape index (κ2) is 8.48. The van der Waals surface area contributed by atoms with Gasteiger partial charge in [-0.25, -0.2) is 0 Å². The number of hydrogen-bond acceptors (Lipinski definition) is 3. The molecule has 28 heavy (non-hydrogen) atoms. The van der Waals surface area contributed by atoms with Crippen molar-refractivity contribution in [2.45, 2.75) is 62.7 Å². The Morgan fingerprint density at radius 1 is 1.11 bits per heavy atom. The molecule has 1 saturated heterocycles. The Morgan fingerprint density at radius 3 is 2.43 bits per heavy atom. The van der Waals surface area contributed by atoms with Gasteiger partial charge >= 0.3 is 0 Å². The molecule has 5 heteroatoms. The van der Waals surface area contributed by atoms with Crippen LogP contribution in [0.15, 0.2) is 29.2 Å². The van der Waals surface area contributed by atoms with Gasteiger partial charge in [0.1, 0.15) is 0 Å². The number of likely N-dealkylation sites (tertiary alicyclic amines) is 1. The fourth-order valence-electron chi connectivity index (χ4n) is 5.14. The Labute approximate surface area is 172 Å². The fourth-order valence-corrected chi connectivity index (χ4v) is 5.55. The number of thioether (sulfide) groups is 1. The summed E-state index contributed by atoms with van der Waals surface area (Å²) in [5, 5.41) is 3.09. The molecular weight excluding hydrogens is 368 g/mol. The number of piperidine rings is 1. The lowest BCUT2D eigenvalue weighted by atomic mass is 9.86. The molecule has 1 spiro atoms. The third-order valence-corrected chi connectivity index (χ3v) is 7.91. The summed E-state index contributed by atoms with van der Waals surface area (Å²) in [4.78, 5) is 28.6. The second-order valence-corrected chi connectivity index (χ2v) is 9.81. The molecule has 2 saturated carbocycles. The molecule has 3 aliphatic rings. The maximum absolute atomic E-state index is 12.7. The summed E-state index contributed by atoms with van der Waals surface area (Å²) in [7, 11) is 0. The van der Waals surface area contributed by atoms with Gasteiger partial charge in [-0.2, -0.15) is 0 Å². The highest BCUT2D eigenvalue weighted by Gasteiger charge is 2.58. The average Bonchev–Trinajstić information content (AvgIpc) is 3.43. The fraction of sp³-hybridized carbons (Fsp3) is 0.652. The Bertz CT molecular complexity index is 704. The number of amides is 2. The minimum Gasteiger partial charge on any atom is -0.343 e. The van der Waals surface area contributed by atoms with Crippen LogP contribution in [-0.4, -0.2) is 36.1 Å². The molecule has 0 aromatic heterocycles. The number of nitrogens with zero attached hydrogens (tertiary/aromatic N) is 1. The number of nitrogens with one attached hydrogen (secondary N) is 1. The number of anilines is 1. The van der Waals surface area contributed by atoms with E-state index >= 15 is 0 Å². The van der Waals surface area contributed by atoms with Crippen molar-refractivity contribution in [1.29, 1.82) is 0 Å². The van der Waals surface area contributed by atoms with Gasteiger partial charge in [0, 0.05) is 36.0 Å². The molecule has 1 aromatic carbocycles. The number of benzene rings is 1. The first-order valence-corrected chi connectivity index (χ1v) is 12.0. The molecule has 4 rings (SSSR count). The Hall–Kier alpha value is -1.49. The van der Waals surface area contributed by atoms with E-state index in [0.29, 0.717) is 11.8 Å². The molecule has 1 aliphatic heterocycles. The maximum atomic E-state index is 12.7. The van der Waals surface area contributed by atoms with E-state index < -0.39 is 0 Å². The molecule has 2 aliphatic carbocycles. The van der Waals surface area contributed by atoms with E-state index in [-0.39, 0.29) is 17.2 Å². The van der Waals surface area contributed by atoms with Crippen LogP contribution in [0.3, 0.4) is 0 Å². The molecular formula is C23H32N2O2S. The normalized spacial score (nSPS) is 24.2. The molecule has 1 N–H and O–H groups in total. The second-order valence-electron chi connectivity index (χ2n) is 8.93. The van der Waals surface area contributed by atoms with Crippen LogP contribution in [0.25, 0.3) is 0 Å². The smallest absolute Gasteiger partial charge is 0.228 e. The summed E-state index contributed by atoms with van der Waals surface area (Å²) < 4.78 is 0. The van der Waals surface area contributed by atoms with Crippen LogP contribution in [0.2, 0.25) is 0 Å². The Kier molecular flexibility index (Phi) is 6.00. The average molecular weight is 401 g/mol. The highest BCUT2D eigenvalue weighted by Crippen LogP contribution is 2.59. The first-order valence-electron chi connectivity index (χ1n) is 10.8. The van der Waals surface area contributed by atoms with Gasteiger partial charge < -0.3 is 10.2 Å². The number of carbonyl (C=O) groups is 2. The zero-order valence-corrected chi connectivity index (χ0v) is 17.7. The van der Waals surface area contributed by atoms with Gasteiger partial charge in [0.2, 0.25) is 11.8 Å². The summed E-state index contributed by atoms with van der Waals surface area (Å²) in [6.07, 6.45) is 12.1. The van der Waals surface area contributed by atoms with Crippen LogP contribution >= 0.6 is 11.8 Å². The molecule has 152 valence electrons. The van der Waals surface area contributed by atoms with Crippen molar-refractivity contribution in [1.82, 2.24) is 4.90 Å². The van der Waals surface area contributed by atoms with Gasteiger partial charge in [0.15, 0.2) is 0 Å². The van der Waals surface area contributed by atoms with Crippen LogP contribution in [0.4, 0.5) is 5.69 Å². The van der Waals surface area contributed by atoms with E-state index in [9.17, 15) is 9.59 Å². The third kappa shape index (κ3) is 4.40. The lowest BCUT2D eigenvalue weighted by Crippen LogP contribution is -2.41. The zero-order chi connectivity index (χ0) is 19.6. The molecule has 1 aromatic rings. The Balaban J connectivity index is 1.24. The van der Waals surface area contributed by atoms with E-state index in [0.717, 1.165) is 44.5 Å². The molecule has 0 unspecified atom stereocenters. The molecule has 1 atom stereocenters. The largest absolute Gasteiger partial charge is 0.343 e. The van der Waals surface area contributed by atoms with Crippen LogP contribution in [-0.2, 0) is 9.59 Å². The van der Waals surface area contributed by atoms with Crippen LogP contribution < -0.4 is 5.32 Å². The number of carbonyl (C=O) groups excluding carboxylic acids is 2. The standard InChI is InChI=1S/C23H32N2O2S/c1-28-19-9-7-18(8-10-19)24-22(27)20-16-23(20)11-13-25(14-12-23)21(26)15-17-5-3-2-4-6-17/h7-10,17,20H,2-6,11-16H2,1H3,(H,24,27)/t20-/m0/s1. The van der Waals surface area contributed by atoms with E-state index in [1.807, 2.05) is 30.5 Å². The minimum atomic E-state index is 0.114. The van der Waals surface area contributed by atoms with Crippen molar-refractivity contribution in [3.63, 3.8) is 0 Å². The van der Waals surface area contributed by atoms with Crippen LogP contribution in [0.1, 0.15) is 57.8 Å². The first kappa shape index (κ1) is 19.8.